The monoisotopic (exact) mass is 914 g/mol. The Morgan fingerprint density at radius 1 is 0.846 bits per heavy atom. The van der Waals surface area contributed by atoms with E-state index in [0.29, 0.717) is 63.4 Å². The molecule has 366 valence electrons. The summed E-state index contributed by atoms with van der Waals surface area (Å²) >= 11 is 0. The minimum atomic E-state index is -2.43. The summed E-state index contributed by atoms with van der Waals surface area (Å²) in [5.41, 5.74) is 1.27. The average Bonchev–Trinajstić information content (AvgIpc) is 3.28. The van der Waals surface area contributed by atoms with Crippen LogP contribution in [0.15, 0.2) is 47.6 Å². The first-order valence-electron chi connectivity index (χ1n) is 23.9. The molecule has 4 aliphatic rings. The minimum absolute atomic E-state index is 0.0193. The highest BCUT2D eigenvalue weighted by Crippen LogP contribution is 2.38. The lowest BCUT2D eigenvalue weighted by atomic mass is 9.78. The molecule has 3 heterocycles. The number of carbonyl (C=O) groups excluding carboxylic acids is 5. The number of methoxy groups -OCH3 is 3. The van der Waals surface area contributed by atoms with Crippen molar-refractivity contribution in [3.05, 3.63) is 47.6 Å². The second-order valence-electron chi connectivity index (χ2n) is 19.6. The van der Waals surface area contributed by atoms with Crippen LogP contribution in [0.2, 0.25) is 0 Å². The van der Waals surface area contributed by atoms with Gasteiger partial charge >= 0.3 is 5.97 Å². The van der Waals surface area contributed by atoms with Crippen molar-refractivity contribution in [1.82, 2.24) is 4.90 Å². The van der Waals surface area contributed by atoms with E-state index in [0.717, 1.165) is 12.0 Å². The van der Waals surface area contributed by atoms with E-state index < -0.39 is 83.9 Å². The Bertz CT molecular complexity index is 1760. The molecule has 1 saturated carbocycles. The van der Waals surface area contributed by atoms with Gasteiger partial charge in [-0.25, -0.2) is 4.79 Å². The molecule has 1 aliphatic carbocycles. The number of amides is 1. The molecule has 14 heteroatoms. The summed E-state index contributed by atoms with van der Waals surface area (Å²) in [5.74, 6) is -7.96. The molecule has 14 nitrogen and oxygen atoms in total. The number of aliphatic hydroxyl groups is 3. The van der Waals surface area contributed by atoms with Crippen molar-refractivity contribution in [2.24, 2.45) is 35.5 Å². The van der Waals surface area contributed by atoms with Crippen LogP contribution in [-0.2, 0) is 47.7 Å². The molecule has 2 saturated heterocycles. The number of nitrogens with zero attached hydrogens (tertiary/aromatic N) is 1. The molecule has 2 bridgehead atoms. The van der Waals surface area contributed by atoms with E-state index in [1.54, 1.807) is 41.1 Å². The van der Waals surface area contributed by atoms with Crippen LogP contribution in [0.25, 0.3) is 0 Å². The van der Waals surface area contributed by atoms with Gasteiger partial charge < -0.3 is 43.9 Å². The Balaban J connectivity index is 1.70. The lowest BCUT2D eigenvalue weighted by Gasteiger charge is -2.42. The van der Waals surface area contributed by atoms with Gasteiger partial charge in [0.1, 0.15) is 30.1 Å². The van der Waals surface area contributed by atoms with Crippen LogP contribution in [0.1, 0.15) is 126 Å². The summed E-state index contributed by atoms with van der Waals surface area (Å²) < 4.78 is 29.4. The topological polar surface area (TPSA) is 195 Å². The summed E-state index contributed by atoms with van der Waals surface area (Å²) in [4.78, 5) is 71.8. The molecule has 0 spiro atoms. The molecule has 3 N–H and O–H groups in total. The largest absolute Gasteiger partial charge is 0.460 e. The highest BCUT2D eigenvalue weighted by atomic mass is 16.6. The van der Waals surface area contributed by atoms with Gasteiger partial charge in [-0.2, -0.15) is 0 Å². The van der Waals surface area contributed by atoms with Gasteiger partial charge in [0, 0.05) is 58.5 Å². The Hall–Kier alpha value is -3.37. The van der Waals surface area contributed by atoms with Crippen LogP contribution in [0.5, 0.6) is 0 Å². The number of piperidine rings is 1. The first-order valence-corrected chi connectivity index (χ1v) is 23.9. The first-order chi connectivity index (χ1) is 30.7. The predicted molar refractivity (Wildman–Crippen MR) is 245 cm³/mol. The number of fused-ring (bicyclic) bond motifs is 3. The molecule has 0 aromatic heterocycles. The van der Waals surface area contributed by atoms with Crippen LogP contribution in [0.3, 0.4) is 0 Å². The van der Waals surface area contributed by atoms with Gasteiger partial charge in [0.25, 0.3) is 11.7 Å². The van der Waals surface area contributed by atoms with Crippen molar-refractivity contribution in [3.63, 3.8) is 0 Å². The predicted octanol–water partition coefficient (Wildman–Crippen LogP) is 6.18. The van der Waals surface area contributed by atoms with Crippen molar-refractivity contribution in [3.8, 4) is 0 Å². The molecule has 65 heavy (non-hydrogen) atoms. The zero-order valence-corrected chi connectivity index (χ0v) is 40.6. The highest BCUT2D eigenvalue weighted by Gasteiger charge is 2.53. The first kappa shape index (κ1) is 54.2. The van der Waals surface area contributed by atoms with Gasteiger partial charge in [0.05, 0.1) is 24.4 Å². The molecule has 0 radical (unpaired) electrons. The third-order valence-electron chi connectivity index (χ3n) is 14.5. The van der Waals surface area contributed by atoms with Gasteiger partial charge in [0.15, 0.2) is 5.78 Å². The molecule has 3 fully saturated rings. The number of rotatable bonds is 6. The fourth-order valence-corrected chi connectivity index (χ4v) is 10.1. The second kappa shape index (κ2) is 25.1. The van der Waals surface area contributed by atoms with Crippen LogP contribution >= 0.6 is 0 Å². The molecule has 0 unspecified atom stereocenters. The zero-order chi connectivity index (χ0) is 48.2. The fraction of sp³-hybridized carbons (Fsp3) is 0.745. The summed E-state index contributed by atoms with van der Waals surface area (Å²) in [6.45, 7) is 12.7. The molecule has 3 aliphatic heterocycles. The van der Waals surface area contributed by atoms with E-state index in [2.05, 4.69) is 0 Å². The van der Waals surface area contributed by atoms with Crippen LogP contribution in [0.4, 0.5) is 0 Å². The molecular formula is C51H79NO13. The number of hydrogen-bond donors (Lipinski definition) is 3. The van der Waals surface area contributed by atoms with Gasteiger partial charge in [0.2, 0.25) is 5.79 Å². The van der Waals surface area contributed by atoms with Gasteiger partial charge in [-0.3, -0.25) is 19.2 Å². The van der Waals surface area contributed by atoms with Crippen molar-refractivity contribution in [2.75, 3.05) is 27.9 Å². The maximum atomic E-state index is 14.4. The van der Waals surface area contributed by atoms with Crippen LogP contribution in [0, 0.1) is 35.5 Å². The number of esters is 1. The van der Waals surface area contributed by atoms with Crippen molar-refractivity contribution < 1.29 is 63.0 Å². The summed E-state index contributed by atoms with van der Waals surface area (Å²) in [6.07, 6.45) is 11.2. The van der Waals surface area contributed by atoms with Crippen molar-refractivity contribution in [2.45, 2.75) is 180 Å². The SMILES string of the molecule is CO[C@H]1C[C@@H]2CC[C@@H](C)[C@](O)(O2)C(=O)C(=O)N2CCCC[C@H]2C(=O)O[C@H]([C@H](C)C[C@@H]2CC[C@@H](O)[C@H](OC)C2)CC(=O)[C@H](C)C=C(C)[C@@H](O)[C@@H](OC)C(=O)[C@H](C)C[C@H](C)C=CC=CC=C1C. The fourth-order valence-electron chi connectivity index (χ4n) is 10.1. The summed E-state index contributed by atoms with van der Waals surface area (Å²) in [7, 11) is 4.52. The quantitative estimate of drug-likeness (QED) is 0.156. The number of hydrogen-bond acceptors (Lipinski definition) is 13. The van der Waals surface area contributed by atoms with Crippen LogP contribution in [-0.4, -0.2) is 132 Å². The number of Topliss-reactive ketones (excluding diaryl/α,β-unsaturated/α-hetero) is 3. The van der Waals surface area contributed by atoms with Gasteiger partial charge in [-0.1, -0.05) is 71.1 Å². The number of ether oxygens (including phenoxy) is 5. The molecular weight excluding hydrogens is 835 g/mol. The molecule has 15 atom stereocenters. The molecule has 0 aromatic rings. The van der Waals surface area contributed by atoms with Gasteiger partial charge in [-0.05, 0) is 107 Å². The number of cyclic esters (lactones) is 1. The smallest absolute Gasteiger partial charge is 0.329 e. The number of carbonyl (C=O) groups is 5. The van der Waals surface area contributed by atoms with Crippen LogP contribution < -0.4 is 0 Å². The van der Waals surface area contributed by atoms with Crippen molar-refractivity contribution >= 4 is 29.2 Å². The lowest BCUT2D eigenvalue weighted by molar-refractivity contribution is -0.265. The number of aliphatic hydroxyl groups excluding tert-OH is 2. The second-order valence-corrected chi connectivity index (χ2v) is 19.6. The maximum absolute atomic E-state index is 14.4. The number of allylic oxidation sites excluding steroid dienone is 6. The van der Waals surface area contributed by atoms with E-state index in [-0.39, 0.29) is 54.8 Å². The van der Waals surface area contributed by atoms with E-state index in [1.807, 2.05) is 58.1 Å². The van der Waals surface area contributed by atoms with E-state index in [9.17, 15) is 39.3 Å². The Morgan fingerprint density at radius 2 is 1.57 bits per heavy atom. The van der Waals surface area contributed by atoms with Crippen molar-refractivity contribution in [1.29, 1.82) is 0 Å². The third-order valence-corrected chi connectivity index (χ3v) is 14.5. The minimum Gasteiger partial charge on any atom is -0.460 e. The van der Waals surface area contributed by atoms with E-state index in [1.165, 1.54) is 12.0 Å². The van der Waals surface area contributed by atoms with Gasteiger partial charge in [-0.15, -0.1) is 0 Å². The lowest BCUT2D eigenvalue weighted by Crippen LogP contribution is -2.61. The molecule has 0 aromatic carbocycles. The Labute approximate surface area is 387 Å². The highest BCUT2D eigenvalue weighted by molar-refractivity contribution is 6.39. The summed E-state index contributed by atoms with van der Waals surface area (Å²) in [6, 6.07) is -1.14. The zero-order valence-electron chi connectivity index (χ0n) is 40.6. The normalized spacial score (nSPS) is 37.8. The Morgan fingerprint density at radius 3 is 2.25 bits per heavy atom. The number of ketones is 3. The standard InChI is InChI=1S/C51H79NO13/c1-30-16-12-11-13-17-31(2)42(61-8)28-38-21-19-36(7)51(60,65-38)48(57)49(58)52-23-15-14-18-39(52)50(59)64-43(33(4)26-37-20-22-40(53)44(27-37)62-9)29-41(54)32(3)25-35(6)46(56)47(63-10)45(55)34(5)24-30/h11-13,16-17,25,30,32-34,36-40,42-44,46-47,53,56,60H,14-15,18-24,26-29H2,1-10H3/t30-,32-,33-,34-,36-,37+,38+,39+,40-,42+,43+,44-,46-,47+,51+/m1/s1. The van der Waals surface area contributed by atoms with E-state index in [4.69, 9.17) is 23.7 Å². The Kier molecular flexibility index (Phi) is 21.0. The molecule has 1 amide bonds. The third kappa shape index (κ3) is 14.3. The van der Waals surface area contributed by atoms with E-state index >= 15 is 0 Å². The molecule has 4 rings (SSSR count). The summed E-state index contributed by atoms with van der Waals surface area (Å²) in [5, 5.41) is 33.8. The average molecular weight is 914 g/mol. The maximum Gasteiger partial charge on any atom is 0.329 e.